The lowest BCUT2D eigenvalue weighted by molar-refractivity contribution is 0.0637. The standard InChI is InChI=1S/C15H17ClN2O/c1-10-4-5-11(19-10)9-18-14-7-6-13(16)12-3-2-8-17-15(12)14/h2-3,6-8,10-11,18H,4-5,9H2,1H3. The van der Waals surface area contributed by atoms with Gasteiger partial charge in [0.25, 0.3) is 0 Å². The predicted molar refractivity (Wildman–Crippen MR) is 78.8 cm³/mol. The third-order valence-corrected chi connectivity index (χ3v) is 3.89. The van der Waals surface area contributed by atoms with Gasteiger partial charge in [0.2, 0.25) is 0 Å². The van der Waals surface area contributed by atoms with Crippen molar-refractivity contribution in [1.29, 1.82) is 0 Å². The molecule has 2 heterocycles. The SMILES string of the molecule is CC1CCC(CNc2ccc(Cl)c3cccnc23)O1. The Hall–Kier alpha value is -1.32. The summed E-state index contributed by atoms with van der Waals surface area (Å²) < 4.78 is 5.81. The average Bonchev–Trinajstić information content (AvgIpc) is 2.84. The second-order valence-corrected chi connectivity index (χ2v) is 5.43. The minimum absolute atomic E-state index is 0.296. The number of hydrogen-bond donors (Lipinski definition) is 1. The van der Waals surface area contributed by atoms with Crippen LogP contribution in [0.5, 0.6) is 0 Å². The lowest BCUT2D eigenvalue weighted by Crippen LogP contribution is -2.19. The van der Waals surface area contributed by atoms with Crippen LogP contribution in [0.25, 0.3) is 10.9 Å². The van der Waals surface area contributed by atoms with E-state index in [4.69, 9.17) is 16.3 Å². The fourth-order valence-corrected chi connectivity index (χ4v) is 2.76. The zero-order chi connectivity index (χ0) is 13.2. The molecular formula is C15H17ClN2O. The number of fused-ring (bicyclic) bond motifs is 1. The van der Waals surface area contributed by atoms with E-state index < -0.39 is 0 Å². The summed E-state index contributed by atoms with van der Waals surface area (Å²) in [4.78, 5) is 4.41. The van der Waals surface area contributed by atoms with Gasteiger partial charge >= 0.3 is 0 Å². The fraction of sp³-hybridized carbons (Fsp3) is 0.400. The van der Waals surface area contributed by atoms with Gasteiger partial charge in [-0.05, 0) is 44.0 Å². The van der Waals surface area contributed by atoms with Crippen LogP contribution in [-0.4, -0.2) is 23.7 Å². The number of rotatable bonds is 3. The molecule has 1 N–H and O–H groups in total. The molecule has 1 aliphatic rings. The quantitative estimate of drug-likeness (QED) is 0.924. The van der Waals surface area contributed by atoms with Crippen molar-refractivity contribution in [3.8, 4) is 0 Å². The molecular weight excluding hydrogens is 260 g/mol. The second-order valence-electron chi connectivity index (χ2n) is 5.02. The minimum Gasteiger partial charge on any atom is -0.381 e. The van der Waals surface area contributed by atoms with Crippen LogP contribution in [0.3, 0.4) is 0 Å². The first-order chi connectivity index (χ1) is 9.24. The molecule has 3 nitrogen and oxygen atoms in total. The summed E-state index contributed by atoms with van der Waals surface area (Å²) in [6.45, 7) is 2.94. The highest BCUT2D eigenvalue weighted by atomic mass is 35.5. The zero-order valence-corrected chi connectivity index (χ0v) is 11.7. The number of nitrogens with zero attached hydrogens (tertiary/aromatic N) is 1. The van der Waals surface area contributed by atoms with Crippen molar-refractivity contribution in [2.24, 2.45) is 0 Å². The average molecular weight is 277 g/mol. The summed E-state index contributed by atoms with van der Waals surface area (Å²) >= 11 is 6.18. The summed E-state index contributed by atoms with van der Waals surface area (Å²) in [7, 11) is 0. The Morgan fingerprint density at radius 2 is 2.26 bits per heavy atom. The van der Waals surface area contributed by atoms with E-state index in [2.05, 4.69) is 17.2 Å². The topological polar surface area (TPSA) is 34.2 Å². The number of halogens is 1. The van der Waals surface area contributed by atoms with Crippen LogP contribution in [0, 0.1) is 0 Å². The molecule has 0 aliphatic carbocycles. The van der Waals surface area contributed by atoms with Crippen molar-refractivity contribution in [2.75, 3.05) is 11.9 Å². The smallest absolute Gasteiger partial charge is 0.0948 e. The van der Waals surface area contributed by atoms with Crippen molar-refractivity contribution in [3.63, 3.8) is 0 Å². The molecule has 2 unspecified atom stereocenters. The molecule has 100 valence electrons. The van der Waals surface area contributed by atoms with E-state index in [1.54, 1.807) is 6.20 Å². The largest absolute Gasteiger partial charge is 0.381 e. The molecule has 2 atom stereocenters. The molecule has 19 heavy (non-hydrogen) atoms. The predicted octanol–water partition coefficient (Wildman–Crippen LogP) is 3.87. The Morgan fingerprint density at radius 1 is 1.37 bits per heavy atom. The maximum Gasteiger partial charge on any atom is 0.0948 e. The Morgan fingerprint density at radius 3 is 3.05 bits per heavy atom. The van der Waals surface area contributed by atoms with E-state index in [-0.39, 0.29) is 0 Å². The van der Waals surface area contributed by atoms with Crippen molar-refractivity contribution in [1.82, 2.24) is 4.98 Å². The van der Waals surface area contributed by atoms with Crippen molar-refractivity contribution in [2.45, 2.75) is 32.0 Å². The van der Waals surface area contributed by atoms with Crippen LogP contribution >= 0.6 is 11.6 Å². The van der Waals surface area contributed by atoms with Gasteiger partial charge in [0.1, 0.15) is 0 Å². The van der Waals surface area contributed by atoms with Crippen molar-refractivity contribution in [3.05, 3.63) is 35.5 Å². The van der Waals surface area contributed by atoms with Crippen LogP contribution in [0.2, 0.25) is 5.02 Å². The molecule has 1 saturated heterocycles. The Balaban J connectivity index is 1.79. The van der Waals surface area contributed by atoms with E-state index in [0.29, 0.717) is 12.2 Å². The van der Waals surface area contributed by atoms with Crippen LogP contribution in [0.15, 0.2) is 30.5 Å². The van der Waals surface area contributed by atoms with Gasteiger partial charge < -0.3 is 10.1 Å². The lowest BCUT2D eigenvalue weighted by Gasteiger charge is -2.14. The molecule has 4 heteroatoms. The van der Waals surface area contributed by atoms with Crippen LogP contribution in [-0.2, 0) is 4.74 Å². The highest BCUT2D eigenvalue weighted by Crippen LogP contribution is 2.28. The molecule has 0 spiro atoms. The van der Waals surface area contributed by atoms with Crippen molar-refractivity contribution >= 4 is 28.2 Å². The Bertz CT molecular complexity index is 587. The number of nitrogens with one attached hydrogen (secondary N) is 1. The van der Waals surface area contributed by atoms with Gasteiger partial charge in [0.05, 0.1) is 28.4 Å². The minimum atomic E-state index is 0.296. The van der Waals surface area contributed by atoms with Gasteiger partial charge in [-0.3, -0.25) is 4.98 Å². The number of ether oxygens (including phenoxy) is 1. The van der Waals surface area contributed by atoms with Gasteiger partial charge in [-0.15, -0.1) is 0 Å². The number of benzene rings is 1. The molecule has 2 aromatic rings. The highest BCUT2D eigenvalue weighted by Gasteiger charge is 2.21. The van der Waals surface area contributed by atoms with E-state index in [1.807, 2.05) is 24.3 Å². The maximum atomic E-state index is 6.18. The maximum absolute atomic E-state index is 6.18. The number of anilines is 1. The molecule has 1 aromatic heterocycles. The van der Waals surface area contributed by atoms with E-state index >= 15 is 0 Å². The van der Waals surface area contributed by atoms with Crippen LogP contribution < -0.4 is 5.32 Å². The normalized spacial score (nSPS) is 22.8. The van der Waals surface area contributed by atoms with E-state index in [0.717, 1.165) is 41.0 Å². The third kappa shape index (κ3) is 2.67. The molecule has 1 aromatic carbocycles. The van der Waals surface area contributed by atoms with Crippen molar-refractivity contribution < 1.29 is 4.74 Å². The number of aromatic nitrogens is 1. The molecule has 3 rings (SSSR count). The molecule has 1 aliphatic heterocycles. The van der Waals surface area contributed by atoms with E-state index in [1.165, 1.54) is 0 Å². The molecule has 0 saturated carbocycles. The first-order valence-corrected chi connectivity index (χ1v) is 7.04. The summed E-state index contributed by atoms with van der Waals surface area (Å²) in [5.41, 5.74) is 1.93. The third-order valence-electron chi connectivity index (χ3n) is 3.56. The monoisotopic (exact) mass is 276 g/mol. The van der Waals surface area contributed by atoms with Gasteiger partial charge in [0.15, 0.2) is 0 Å². The van der Waals surface area contributed by atoms with Gasteiger partial charge in [-0.1, -0.05) is 11.6 Å². The number of hydrogen-bond acceptors (Lipinski definition) is 3. The highest BCUT2D eigenvalue weighted by molar-refractivity contribution is 6.35. The van der Waals surface area contributed by atoms with Crippen LogP contribution in [0.4, 0.5) is 5.69 Å². The summed E-state index contributed by atoms with van der Waals surface area (Å²) in [5, 5.41) is 5.15. The first-order valence-electron chi connectivity index (χ1n) is 6.66. The molecule has 0 bridgehead atoms. The van der Waals surface area contributed by atoms with E-state index in [9.17, 15) is 0 Å². The van der Waals surface area contributed by atoms with Gasteiger partial charge in [0, 0.05) is 18.1 Å². The Kier molecular flexibility index (Phi) is 3.58. The van der Waals surface area contributed by atoms with Gasteiger partial charge in [-0.25, -0.2) is 0 Å². The molecule has 0 amide bonds. The summed E-state index contributed by atoms with van der Waals surface area (Å²) in [5.74, 6) is 0. The molecule has 1 fully saturated rings. The van der Waals surface area contributed by atoms with Crippen LogP contribution in [0.1, 0.15) is 19.8 Å². The lowest BCUT2D eigenvalue weighted by atomic mass is 10.1. The first kappa shape index (κ1) is 12.7. The summed E-state index contributed by atoms with van der Waals surface area (Å²) in [6.07, 6.45) is 4.73. The van der Waals surface area contributed by atoms with Gasteiger partial charge in [-0.2, -0.15) is 0 Å². The fourth-order valence-electron chi connectivity index (χ4n) is 2.54. The zero-order valence-electron chi connectivity index (χ0n) is 10.9. The molecule has 0 radical (unpaired) electrons. The Labute approximate surface area is 117 Å². The number of pyridine rings is 1. The second kappa shape index (κ2) is 5.35. The summed E-state index contributed by atoms with van der Waals surface area (Å²) in [6, 6.07) is 7.78.